The van der Waals surface area contributed by atoms with Crippen LogP contribution in [0.2, 0.25) is 10.0 Å². The van der Waals surface area contributed by atoms with Crippen LogP contribution < -0.4 is 5.32 Å². The zero-order valence-electron chi connectivity index (χ0n) is 11.5. The van der Waals surface area contributed by atoms with Gasteiger partial charge in [-0.05, 0) is 54.5 Å². The molecule has 0 aliphatic rings. The van der Waals surface area contributed by atoms with Gasteiger partial charge in [-0.2, -0.15) is 5.10 Å². The summed E-state index contributed by atoms with van der Waals surface area (Å²) in [4.78, 5) is 0. The lowest BCUT2D eigenvalue weighted by molar-refractivity contribution is 0.484. The minimum Gasteiger partial charge on any atom is -0.308 e. The van der Waals surface area contributed by atoms with Crippen LogP contribution in [0.25, 0.3) is 0 Å². The van der Waals surface area contributed by atoms with Crippen molar-refractivity contribution in [2.75, 3.05) is 7.05 Å². The first-order valence-corrected chi connectivity index (χ1v) is 7.85. The maximum absolute atomic E-state index is 6.32. The molecule has 1 aromatic carbocycles. The van der Waals surface area contributed by atoms with Gasteiger partial charge in [-0.3, -0.25) is 4.68 Å². The normalized spacial score (nSPS) is 12.9. The second-order valence-corrected chi connectivity index (χ2v) is 6.48. The molecule has 0 radical (unpaired) electrons. The maximum atomic E-state index is 6.32. The van der Waals surface area contributed by atoms with Gasteiger partial charge in [0.05, 0.1) is 28.0 Å². The van der Waals surface area contributed by atoms with E-state index in [0.29, 0.717) is 10.0 Å². The minimum absolute atomic E-state index is 0.0408. The van der Waals surface area contributed by atoms with E-state index in [4.69, 9.17) is 23.2 Å². The molecule has 1 unspecified atom stereocenters. The summed E-state index contributed by atoms with van der Waals surface area (Å²) in [7, 11) is 1.90. The van der Waals surface area contributed by atoms with E-state index in [1.807, 2.05) is 29.9 Å². The van der Waals surface area contributed by atoms with Crippen LogP contribution in [0.3, 0.4) is 0 Å². The first kappa shape index (κ1) is 15.8. The molecule has 0 bridgehead atoms. The van der Waals surface area contributed by atoms with E-state index in [0.717, 1.165) is 15.7 Å². The van der Waals surface area contributed by atoms with Crippen LogP contribution in [-0.2, 0) is 0 Å². The second kappa shape index (κ2) is 6.48. The van der Waals surface area contributed by atoms with Crippen LogP contribution in [0.1, 0.15) is 37.2 Å². The molecule has 1 atom stereocenters. The van der Waals surface area contributed by atoms with Gasteiger partial charge in [0, 0.05) is 10.5 Å². The molecule has 0 aliphatic heterocycles. The number of benzene rings is 1. The summed E-state index contributed by atoms with van der Waals surface area (Å²) in [6, 6.07) is 6.06. The van der Waals surface area contributed by atoms with Gasteiger partial charge in [0.2, 0.25) is 0 Å². The molecular formula is C14H16BrCl2N3. The van der Waals surface area contributed by atoms with E-state index < -0.39 is 0 Å². The van der Waals surface area contributed by atoms with Gasteiger partial charge in [0.1, 0.15) is 0 Å². The molecule has 0 fully saturated rings. The highest BCUT2D eigenvalue weighted by Crippen LogP contribution is 2.33. The van der Waals surface area contributed by atoms with E-state index in [-0.39, 0.29) is 12.1 Å². The summed E-state index contributed by atoms with van der Waals surface area (Å²) in [5, 5.41) is 8.99. The Balaban J connectivity index is 2.52. The highest BCUT2D eigenvalue weighted by atomic mass is 79.9. The number of rotatable bonds is 4. The van der Waals surface area contributed by atoms with E-state index in [9.17, 15) is 0 Å². The van der Waals surface area contributed by atoms with Crippen molar-refractivity contribution >= 4 is 39.1 Å². The number of aromatic nitrogens is 2. The van der Waals surface area contributed by atoms with Crippen molar-refractivity contribution in [3.63, 3.8) is 0 Å². The van der Waals surface area contributed by atoms with Crippen LogP contribution in [0.4, 0.5) is 0 Å². The fraction of sp³-hybridized carbons (Fsp3) is 0.357. The Hall–Kier alpha value is -0.550. The number of halogens is 3. The van der Waals surface area contributed by atoms with E-state index >= 15 is 0 Å². The second-order valence-electron chi connectivity index (χ2n) is 4.81. The largest absolute Gasteiger partial charge is 0.308 e. The Morgan fingerprint density at radius 1 is 1.25 bits per heavy atom. The average Bonchev–Trinajstić information content (AvgIpc) is 2.77. The average molecular weight is 377 g/mol. The molecule has 0 saturated carbocycles. The molecule has 20 heavy (non-hydrogen) atoms. The van der Waals surface area contributed by atoms with Crippen molar-refractivity contribution in [1.82, 2.24) is 15.1 Å². The smallest absolute Gasteiger partial charge is 0.0837 e. The van der Waals surface area contributed by atoms with Crippen LogP contribution in [0.5, 0.6) is 0 Å². The lowest BCUT2D eigenvalue weighted by Gasteiger charge is -2.21. The first-order chi connectivity index (χ1) is 9.45. The molecule has 0 saturated heterocycles. The highest BCUT2D eigenvalue weighted by Gasteiger charge is 2.22. The van der Waals surface area contributed by atoms with Gasteiger partial charge in [0.25, 0.3) is 0 Å². The topological polar surface area (TPSA) is 29.9 Å². The Morgan fingerprint density at radius 3 is 2.50 bits per heavy atom. The van der Waals surface area contributed by atoms with Gasteiger partial charge < -0.3 is 5.32 Å². The summed E-state index contributed by atoms with van der Waals surface area (Å²) >= 11 is 15.8. The molecule has 6 heteroatoms. The molecule has 1 heterocycles. The highest BCUT2D eigenvalue weighted by molar-refractivity contribution is 9.10. The van der Waals surface area contributed by atoms with E-state index in [2.05, 4.69) is 40.2 Å². The Morgan fingerprint density at radius 2 is 1.95 bits per heavy atom. The first-order valence-electron chi connectivity index (χ1n) is 6.30. The molecule has 0 amide bonds. The number of hydrogen-bond donors (Lipinski definition) is 1. The fourth-order valence-corrected chi connectivity index (χ4v) is 2.94. The summed E-state index contributed by atoms with van der Waals surface area (Å²) < 4.78 is 2.80. The molecule has 0 spiro atoms. The van der Waals surface area contributed by atoms with Gasteiger partial charge in [-0.25, -0.2) is 0 Å². The van der Waals surface area contributed by atoms with Crippen molar-refractivity contribution in [2.24, 2.45) is 0 Å². The van der Waals surface area contributed by atoms with E-state index in [1.54, 1.807) is 6.20 Å². The third-order valence-electron chi connectivity index (χ3n) is 3.12. The number of nitrogens with one attached hydrogen (secondary N) is 1. The summed E-state index contributed by atoms with van der Waals surface area (Å²) in [6.07, 6.45) is 1.69. The molecule has 1 aromatic heterocycles. The van der Waals surface area contributed by atoms with Gasteiger partial charge in [-0.1, -0.05) is 29.3 Å². The summed E-state index contributed by atoms with van der Waals surface area (Å²) in [5.74, 6) is 0. The van der Waals surface area contributed by atoms with Crippen LogP contribution >= 0.6 is 39.1 Å². The zero-order chi connectivity index (χ0) is 14.9. The zero-order valence-corrected chi connectivity index (χ0v) is 14.6. The summed E-state index contributed by atoms with van der Waals surface area (Å²) in [5.41, 5.74) is 2.03. The standard InChI is InChI=1S/C14H16BrCl2N3/c1-8(2)20-14(12(17)7-19-20)13(18-3)9-4-5-11(16)10(15)6-9/h4-8,13,18H,1-3H3. The van der Waals surface area contributed by atoms with Crippen molar-refractivity contribution in [1.29, 1.82) is 0 Å². The van der Waals surface area contributed by atoms with Gasteiger partial charge >= 0.3 is 0 Å². The maximum Gasteiger partial charge on any atom is 0.0837 e. The molecule has 2 rings (SSSR count). The SMILES string of the molecule is CNC(c1ccc(Cl)c(Br)c1)c1c(Cl)cnn1C(C)C. The van der Waals surface area contributed by atoms with Crippen molar-refractivity contribution in [3.8, 4) is 0 Å². The van der Waals surface area contributed by atoms with Crippen LogP contribution in [-0.4, -0.2) is 16.8 Å². The molecule has 3 nitrogen and oxygen atoms in total. The third kappa shape index (κ3) is 3.03. The summed E-state index contributed by atoms with van der Waals surface area (Å²) in [6.45, 7) is 4.16. The van der Waals surface area contributed by atoms with Gasteiger partial charge in [-0.15, -0.1) is 0 Å². The van der Waals surface area contributed by atoms with Gasteiger partial charge in [0.15, 0.2) is 0 Å². The fourth-order valence-electron chi connectivity index (χ4n) is 2.19. The molecule has 108 valence electrons. The molecular weight excluding hydrogens is 361 g/mol. The predicted molar refractivity (Wildman–Crippen MR) is 87.7 cm³/mol. The third-order valence-corrected chi connectivity index (χ3v) is 4.62. The predicted octanol–water partition coefficient (Wildman–Crippen LogP) is 4.84. The number of hydrogen-bond acceptors (Lipinski definition) is 2. The molecule has 2 aromatic rings. The van der Waals surface area contributed by atoms with Crippen LogP contribution in [0.15, 0.2) is 28.9 Å². The Kier molecular flexibility index (Phi) is 5.13. The molecule has 0 aliphatic carbocycles. The minimum atomic E-state index is -0.0408. The lowest BCUT2D eigenvalue weighted by atomic mass is 10.0. The van der Waals surface area contributed by atoms with Crippen molar-refractivity contribution in [2.45, 2.75) is 25.9 Å². The Labute approximate surface area is 137 Å². The molecule has 1 N–H and O–H groups in total. The lowest BCUT2D eigenvalue weighted by Crippen LogP contribution is -2.22. The monoisotopic (exact) mass is 375 g/mol. The van der Waals surface area contributed by atoms with Crippen molar-refractivity contribution < 1.29 is 0 Å². The number of nitrogens with zero attached hydrogens (tertiary/aromatic N) is 2. The quantitative estimate of drug-likeness (QED) is 0.827. The van der Waals surface area contributed by atoms with Crippen molar-refractivity contribution in [3.05, 3.63) is 50.2 Å². The van der Waals surface area contributed by atoms with E-state index in [1.165, 1.54) is 0 Å². The van der Waals surface area contributed by atoms with Crippen LogP contribution in [0, 0.1) is 0 Å². The Bertz CT molecular complexity index is 610.